The van der Waals surface area contributed by atoms with Crippen LogP contribution in [0.2, 0.25) is 0 Å². The molecule has 1 saturated heterocycles. The monoisotopic (exact) mass is 368 g/mol. The van der Waals surface area contributed by atoms with Crippen LogP contribution in [0.4, 0.5) is 4.79 Å². The van der Waals surface area contributed by atoms with Gasteiger partial charge in [-0.05, 0) is 55.6 Å². The van der Waals surface area contributed by atoms with Crippen LogP contribution in [0.1, 0.15) is 33.6 Å². The Morgan fingerprint density at radius 1 is 1.36 bits per heavy atom. The molecular weight excluding hydrogens is 348 g/mol. The maximum atomic E-state index is 11.9. The van der Waals surface area contributed by atoms with E-state index < -0.39 is 5.60 Å². The number of amides is 1. The van der Waals surface area contributed by atoms with Crippen LogP contribution in [-0.4, -0.2) is 40.8 Å². The van der Waals surface area contributed by atoms with Crippen molar-refractivity contribution in [2.75, 3.05) is 13.1 Å². The highest BCUT2D eigenvalue weighted by molar-refractivity contribution is 9.10. The summed E-state index contributed by atoms with van der Waals surface area (Å²) in [7, 11) is 0. The lowest BCUT2D eigenvalue weighted by Crippen LogP contribution is -2.66. The van der Waals surface area contributed by atoms with Gasteiger partial charge in [0.25, 0.3) is 0 Å². The Bertz CT molecular complexity index is 554. The van der Waals surface area contributed by atoms with Crippen LogP contribution >= 0.6 is 15.9 Å². The van der Waals surface area contributed by atoms with E-state index in [1.54, 1.807) is 11.1 Å². The zero-order valence-electron chi connectivity index (χ0n) is 13.1. The van der Waals surface area contributed by atoms with Gasteiger partial charge in [0, 0.05) is 35.2 Å². The van der Waals surface area contributed by atoms with Crippen LogP contribution in [0.15, 0.2) is 22.8 Å². The molecule has 1 aliphatic carbocycles. The maximum Gasteiger partial charge on any atom is 0.410 e. The molecule has 5 nitrogen and oxygen atoms in total. The van der Waals surface area contributed by atoms with Crippen LogP contribution in [0.3, 0.4) is 0 Å². The summed E-state index contributed by atoms with van der Waals surface area (Å²) in [4.78, 5) is 17.9. The largest absolute Gasteiger partial charge is 0.474 e. The zero-order chi connectivity index (χ0) is 16.0. The quantitative estimate of drug-likeness (QED) is 0.799. The molecule has 2 fully saturated rings. The summed E-state index contributed by atoms with van der Waals surface area (Å²) in [6.45, 7) is 7.21. The smallest absolute Gasteiger partial charge is 0.410 e. The second-order valence-electron chi connectivity index (χ2n) is 7.30. The Morgan fingerprint density at radius 2 is 2.05 bits per heavy atom. The lowest BCUT2D eigenvalue weighted by Gasteiger charge is -2.57. The molecule has 1 aromatic rings. The van der Waals surface area contributed by atoms with E-state index in [4.69, 9.17) is 9.47 Å². The lowest BCUT2D eigenvalue weighted by atomic mass is 9.62. The van der Waals surface area contributed by atoms with Crippen molar-refractivity contribution in [2.45, 2.75) is 45.3 Å². The van der Waals surface area contributed by atoms with Crippen LogP contribution in [-0.2, 0) is 4.74 Å². The number of halogens is 1. The van der Waals surface area contributed by atoms with E-state index in [0.717, 1.165) is 30.4 Å². The molecule has 1 aliphatic heterocycles. The first kappa shape index (κ1) is 15.6. The molecule has 0 bridgehead atoms. The van der Waals surface area contributed by atoms with Gasteiger partial charge in [0.15, 0.2) is 0 Å². The molecule has 1 amide bonds. The summed E-state index contributed by atoms with van der Waals surface area (Å²) in [6.07, 6.45) is 3.68. The third-order valence-electron chi connectivity index (χ3n) is 4.01. The predicted octanol–water partition coefficient (Wildman–Crippen LogP) is 3.62. The molecule has 2 heterocycles. The lowest BCUT2D eigenvalue weighted by molar-refractivity contribution is -0.117. The fraction of sp³-hybridized carbons (Fsp3) is 0.625. The normalized spacial score (nSPS) is 20.3. The minimum absolute atomic E-state index is 0.203. The van der Waals surface area contributed by atoms with Gasteiger partial charge in [-0.1, -0.05) is 0 Å². The summed E-state index contributed by atoms with van der Waals surface area (Å²) < 4.78 is 12.2. The maximum absolute atomic E-state index is 11.9. The van der Waals surface area contributed by atoms with Gasteiger partial charge in [-0.25, -0.2) is 9.78 Å². The van der Waals surface area contributed by atoms with Crippen molar-refractivity contribution in [3.8, 4) is 5.88 Å². The van der Waals surface area contributed by atoms with Crippen molar-refractivity contribution in [3.05, 3.63) is 22.8 Å². The van der Waals surface area contributed by atoms with Crippen LogP contribution < -0.4 is 4.74 Å². The number of aromatic nitrogens is 1. The van der Waals surface area contributed by atoms with Crippen molar-refractivity contribution in [3.63, 3.8) is 0 Å². The number of ether oxygens (including phenoxy) is 2. The van der Waals surface area contributed by atoms with E-state index in [1.165, 1.54) is 0 Å². The molecule has 1 aromatic heterocycles. The number of rotatable bonds is 2. The average molecular weight is 369 g/mol. The highest BCUT2D eigenvalue weighted by atomic mass is 79.9. The fourth-order valence-electron chi connectivity index (χ4n) is 3.07. The number of pyridine rings is 1. The summed E-state index contributed by atoms with van der Waals surface area (Å²) in [5, 5.41) is 0. The number of carbonyl (C=O) groups is 1. The topological polar surface area (TPSA) is 51.7 Å². The van der Waals surface area contributed by atoms with Crippen LogP contribution in [0, 0.1) is 5.41 Å². The molecule has 6 heteroatoms. The number of carbonyl (C=O) groups excluding carboxylic acids is 1. The summed E-state index contributed by atoms with van der Waals surface area (Å²) >= 11 is 3.35. The molecule has 3 rings (SSSR count). The van der Waals surface area contributed by atoms with Gasteiger partial charge in [0.05, 0.1) is 0 Å². The first-order valence-corrected chi connectivity index (χ1v) is 8.30. The SMILES string of the molecule is CC(C)(C)OC(=O)N1CC2(CC(Oc3ccc(Br)cn3)C2)C1. The van der Waals surface area contributed by atoms with Crippen molar-refractivity contribution >= 4 is 22.0 Å². The van der Waals surface area contributed by atoms with E-state index in [2.05, 4.69) is 20.9 Å². The van der Waals surface area contributed by atoms with Gasteiger partial charge in [0.2, 0.25) is 5.88 Å². The molecule has 0 atom stereocenters. The molecule has 0 aromatic carbocycles. The van der Waals surface area contributed by atoms with E-state index in [-0.39, 0.29) is 17.6 Å². The number of hydrogen-bond acceptors (Lipinski definition) is 4. The van der Waals surface area contributed by atoms with Crippen molar-refractivity contribution in [1.29, 1.82) is 0 Å². The van der Waals surface area contributed by atoms with Crippen LogP contribution in [0.5, 0.6) is 5.88 Å². The summed E-state index contributed by atoms with van der Waals surface area (Å²) in [5.41, 5.74) is -0.199. The molecule has 1 saturated carbocycles. The van der Waals surface area contributed by atoms with Gasteiger partial charge in [-0.3, -0.25) is 0 Å². The fourth-order valence-corrected chi connectivity index (χ4v) is 3.30. The highest BCUT2D eigenvalue weighted by Gasteiger charge is 2.55. The Morgan fingerprint density at radius 3 is 2.59 bits per heavy atom. The van der Waals surface area contributed by atoms with Gasteiger partial charge >= 0.3 is 6.09 Å². The van der Waals surface area contributed by atoms with E-state index in [0.29, 0.717) is 5.88 Å². The summed E-state index contributed by atoms with van der Waals surface area (Å²) in [5.74, 6) is 0.659. The molecule has 1 spiro atoms. The number of hydrogen-bond donors (Lipinski definition) is 0. The number of nitrogens with zero attached hydrogens (tertiary/aromatic N) is 2. The van der Waals surface area contributed by atoms with Crippen molar-refractivity contribution < 1.29 is 14.3 Å². The molecular formula is C16H21BrN2O3. The van der Waals surface area contributed by atoms with E-state index >= 15 is 0 Å². The third-order valence-corrected chi connectivity index (χ3v) is 4.48. The van der Waals surface area contributed by atoms with Gasteiger partial charge in [-0.15, -0.1) is 0 Å². The third kappa shape index (κ3) is 3.37. The second-order valence-corrected chi connectivity index (χ2v) is 8.21. The molecule has 22 heavy (non-hydrogen) atoms. The minimum atomic E-state index is -0.432. The van der Waals surface area contributed by atoms with Crippen LogP contribution in [0.25, 0.3) is 0 Å². The average Bonchev–Trinajstić information content (AvgIpc) is 2.30. The van der Waals surface area contributed by atoms with Crippen molar-refractivity contribution in [1.82, 2.24) is 9.88 Å². The Kier molecular flexibility index (Phi) is 3.83. The van der Waals surface area contributed by atoms with Gasteiger partial charge in [0.1, 0.15) is 11.7 Å². The number of likely N-dealkylation sites (tertiary alicyclic amines) is 1. The second kappa shape index (κ2) is 5.41. The Balaban J connectivity index is 1.43. The first-order valence-electron chi connectivity index (χ1n) is 7.51. The van der Waals surface area contributed by atoms with E-state index in [1.807, 2.05) is 32.9 Å². The molecule has 0 N–H and O–H groups in total. The standard InChI is InChI=1S/C16H21BrN2O3/c1-15(2,3)22-14(20)19-9-16(10-19)6-12(7-16)21-13-5-4-11(17)8-18-13/h4-5,8,12H,6-7,9-10H2,1-3H3. The van der Waals surface area contributed by atoms with Gasteiger partial charge < -0.3 is 14.4 Å². The van der Waals surface area contributed by atoms with E-state index in [9.17, 15) is 4.79 Å². The summed E-state index contributed by atoms with van der Waals surface area (Å²) in [6, 6.07) is 3.78. The highest BCUT2D eigenvalue weighted by Crippen LogP contribution is 2.49. The first-order chi connectivity index (χ1) is 10.2. The molecule has 0 radical (unpaired) electrons. The van der Waals surface area contributed by atoms with Gasteiger partial charge in [-0.2, -0.15) is 0 Å². The predicted molar refractivity (Wildman–Crippen MR) is 85.8 cm³/mol. The Hall–Kier alpha value is -1.30. The zero-order valence-corrected chi connectivity index (χ0v) is 14.7. The molecule has 120 valence electrons. The molecule has 2 aliphatic rings. The Labute approximate surface area is 139 Å². The molecule has 0 unspecified atom stereocenters. The van der Waals surface area contributed by atoms with Crippen molar-refractivity contribution in [2.24, 2.45) is 5.41 Å². The minimum Gasteiger partial charge on any atom is -0.474 e.